The van der Waals surface area contributed by atoms with Gasteiger partial charge in [0.1, 0.15) is 5.75 Å². The van der Waals surface area contributed by atoms with E-state index >= 15 is 0 Å². The highest BCUT2D eigenvalue weighted by molar-refractivity contribution is 5.71. The van der Waals surface area contributed by atoms with Gasteiger partial charge in [-0.1, -0.05) is 35.9 Å². The molecule has 0 saturated carbocycles. The molecular weight excluding hydrogens is 210 g/mol. The van der Waals surface area contributed by atoms with Gasteiger partial charge in [-0.3, -0.25) is 0 Å². The van der Waals surface area contributed by atoms with Crippen LogP contribution in [0.2, 0.25) is 0 Å². The molecule has 2 N–H and O–H groups in total. The molecule has 2 heteroatoms. The lowest BCUT2D eigenvalue weighted by atomic mass is 10.0. The van der Waals surface area contributed by atoms with Gasteiger partial charge in [-0.05, 0) is 37.1 Å². The highest BCUT2D eigenvalue weighted by Crippen LogP contribution is 2.28. The number of hydrogen-bond acceptors (Lipinski definition) is 2. The van der Waals surface area contributed by atoms with E-state index in [0.29, 0.717) is 12.3 Å². The summed E-state index contributed by atoms with van der Waals surface area (Å²) >= 11 is 0. The molecule has 17 heavy (non-hydrogen) atoms. The monoisotopic (exact) mass is 227 g/mol. The van der Waals surface area contributed by atoms with Gasteiger partial charge >= 0.3 is 0 Å². The van der Waals surface area contributed by atoms with Crippen molar-refractivity contribution in [3.05, 3.63) is 48.0 Å². The second-order valence-corrected chi connectivity index (χ2v) is 4.06. The van der Waals surface area contributed by atoms with Crippen molar-refractivity contribution in [2.75, 3.05) is 12.3 Å². The summed E-state index contributed by atoms with van der Waals surface area (Å²) < 4.78 is 5.43. The number of nitrogen functional groups attached to an aromatic ring is 1. The van der Waals surface area contributed by atoms with Gasteiger partial charge in [-0.15, -0.1) is 0 Å². The van der Waals surface area contributed by atoms with Crippen molar-refractivity contribution in [2.24, 2.45) is 0 Å². The predicted molar refractivity (Wildman–Crippen MR) is 72.2 cm³/mol. The van der Waals surface area contributed by atoms with Crippen LogP contribution in [0.3, 0.4) is 0 Å². The maximum Gasteiger partial charge on any atom is 0.142 e. The van der Waals surface area contributed by atoms with Crippen molar-refractivity contribution >= 4 is 5.69 Å². The molecule has 0 atom stereocenters. The summed E-state index contributed by atoms with van der Waals surface area (Å²) in [6.07, 6.45) is 0. The van der Waals surface area contributed by atoms with Crippen LogP contribution in [0, 0.1) is 6.92 Å². The fraction of sp³-hybridized carbons (Fsp3) is 0.200. The largest absolute Gasteiger partial charge is 0.492 e. The molecule has 0 saturated heterocycles. The quantitative estimate of drug-likeness (QED) is 0.812. The molecule has 2 rings (SSSR count). The second kappa shape index (κ2) is 4.91. The van der Waals surface area contributed by atoms with E-state index in [1.165, 1.54) is 11.1 Å². The molecule has 88 valence electrons. The Hall–Kier alpha value is -1.96. The lowest BCUT2D eigenvalue weighted by Crippen LogP contribution is -1.96. The Morgan fingerprint density at radius 3 is 2.47 bits per heavy atom. The third-order valence-electron chi connectivity index (χ3n) is 2.66. The maximum atomic E-state index is 5.96. The molecular formula is C15H17NO. The molecule has 0 aliphatic carbocycles. The van der Waals surface area contributed by atoms with E-state index in [1.54, 1.807) is 0 Å². The van der Waals surface area contributed by atoms with Crippen LogP contribution in [0.1, 0.15) is 12.5 Å². The molecule has 2 aromatic rings. The van der Waals surface area contributed by atoms with E-state index in [4.69, 9.17) is 10.5 Å². The first kappa shape index (κ1) is 11.5. The molecule has 2 nitrogen and oxygen atoms in total. The Balaban J connectivity index is 2.37. The maximum absolute atomic E-state index is 5.96. The van der Waals surface area contributed by atoms with Gasteiger partial charge in [-0.25, -0.2) is 0 Å². The smallest absolute Gasteiger partial charge is 0.142 e. The third-order valence-corrected chi connectivity index (χ3v) is 2.66. The zero-order chi connectivity index (χ0) is 12.3. The fourth-order valence-electron chi connectivity index (χ4n) is 1.84. The minimum absolute atomic E-state index is 0.633. The molecule has 0 unspecified atom stereocenters. The normalized spacial score (nSPS) is 10.2. The fourth-order valence-corrected chi connectivity index (χ4v) is 1.84. The van der Waals surface area contributed by atoms with E-state index in [0.717, 1.165) is 11.3 Å². The van der Waals surface area contributed by atoms with E-state index < -0.39 is 0 Å². The Kier molecular flexibility index (Phi) is 3.33. The summed E-state index contributed by atoms with van der Waals surface area (Å²) in [6.45, 7) is 4.67. The predicted octanol–water partition coefficient (Wildman–Crippen LogP) is 3.64. The minimum atomic E-state index is 0.633. The number of hydrogen-bond donors (Lipinski definition) is 1. The number of benzene rings is 2. The van der Waals surface area contributed by atoms with Crippen molar-refractivity contribution < 1.29 is 4.74 Å². The summed E-state index contributed by atoms with van der Waals surface area (Å²) in [5.74, 6) is 0.754. The molecule has 0 radical (unpaired) electrons. The standard InChI is InChI=1S/C15H17NO/c1-3-17-15-8-7-13(10-14(15)16)12-6-4-5-11(2)9-12/h4-10H,3,16H2,1-2H3. The SMILES string of the molecule is CCOc1ccc(-c2cccc(C)c2)cc1N. The van der Waals surface area contributed by atoms with E-state index in [-0.39, 0.29) is 0 Å². The molecule has 0 amide bonds. The summed E-state index contributed by atoms with van der Waals surface area (Å²) in [4.78, 5) is 0. The molecule has 0 fully saturated rings. The average Bonchev–Trinajstić information content (AvgIpc) is 2.32. The zero-order valence-corrected chi connectivity index (χ0v) is 10.2. The Bertz CT molecular complexity index is 520. The first-order chi connectivity index (χ1) is 8.20. The van der Waals surface area contributed by atoms with Gasteiger partial charge in [0.15, 0.2) is 0 Å². The second-order valence-electron chi connectivity index (χ2n) is 4.06. The van der Waals surface area contributed by atoms with E-state index in [1.807, 2.05) is 25.1 Å². The van der Waals surface area contributed by atoms with Gasteiger partial charge in [0, 0.05) is 0 Å². The van der Waals surface area contributed by atoms with Crippen LogP contribution >= 0.6 is 0 Å². The van der Waals surface area contributed by atoms with E-state index in [2.05, 4.69) is 31.2 Å². The Morgan fingerprint density at radius 1 is 1.06 bits per heavy atom. The van der Waals surface area contributed by atoms with Crippen LogP contribution in [-0.4, -0.2) is 6.61 Å². The number of nitrogens with two attached hydrogens (primary N) is 1. The molecule has 0 bridgehead atoms. The molecule has 0 heterocycles. The highest BCUT2D eigenvalue weighted by Gasteiger charge is 2.03. The van der Waals surface area contributed by atoms with Crippen LogP contribution in [0.15, 0.2) is 42.5 Å². The molecule has 0 aliphatic rings. The lowest BCUT2D eigenvalue weighted by molar-refractivity contribution is 0.342. The first-order valence-corrected chi connectivity index (χ1v) is 5.80. The van der Waals surface area contributed by atoms with Gasteiger partial charge in [-0.2, -0.15) is 0 Å². The van der Waals surface area contributed by atoms with Crippen LogP contribution in [0.5, 0.6) is 5.75 Å². The minimum Gasteiger partial charge on any atom is -0.492 e. The van der Waals surface area contributed by atoms with Crippen LogP contribution in [0.4, 0.5) is 5.69 Å². The van der Waals surface area contributed by atoms with Gasteiger partial charge in [0.2, 0.25) is 0 Å². The first-order valence-electron chi connectivity index (χ1n) is 5.80. The van der Waals surface area contributed by atoms with Crippen molar-refractivity contribution in [1.82, 2.24) is 0 Å². The number of ether oxygens (including phenoxy) is 1. The number of rotatable bonds is 3. The van der Waals surface area contributed by atoms with Gasteiger partial charge in [0.05, 0.1) is 12.3 Å². The average molecular weight is 227 g/mol. The Labute approximate surface area is 102 Å². The van der Waals surface area contributed by atoms with Gasteiger partial charge in [0.25, 0.3) is 0 Å². The number of anilines is 1. The van der Waals surface area contributed by atoms with Crippen molar-refractivity contribution in [3.63, 3.8) is 0 Å². The van der Waals surface area contributed by atoms with Crippen LogP contribution in [-0.2, 0) is 0 Å². The third kappa shape index (κ3) is 2.59. The van der Waals surface area contributed by atoms with Gasteiger partial charge < -0.3 is 10.5 Å². The molecule has 2 aromatic carbocycles. The van der Waals surface area contributed by atoms with Crippen molar-refractivity contribution in [2.45, 2.75) is 13.8 Å². The summed E-state index contributed by atoms with van der Waals surface area (Å²) in [6, 6.07) is 14.3. The lowest BCUT2D eigenvalue weighted by Gasteiger charge is -2.09. The summed E-state index contributed by atoms with van der Waals surface area (Å²) in [7, 11) is 0. The van der Waals surface area contributed by atoms with Crippen LogP contribution < -0.4 is 10.5 Å². The van der Waals surface area contributed by atoms with Crippen molar-refractivity contribution in [3.8, 4) is 16.9 Å². The highest BCUT2D eigenvalue weighted by atomic mass is 16.5. The summed E-state index contributed by atoms with van der Waals surface area (Å²) in [5.41, 5.74) is 10.2. The van der Waals surface area contributed by atoms with Crippen LogP contribution in [0.25, 0.3) is 11.1 Å². The zero-order valence-electron chi connectivity index (χ0n) is 10.2. The number of aryl methyl sites for hydroxylation is 1. The van der Waals surface area contributed by atoms with E-state index in [9.17, 15) is 0 Å². The summed E-state index contributed by atoms with van der Waals surface area (Å²) in [5, 5.41) is 0. The molecule has 0 aliphatic heterocycles. The van der Waals surface area contributed by atoms with Crippen molar-refractivity contribution in [1.29, 1.82) is 0 Å². The molecule has 0 spiro atoms. The topological polar surface area (TPSA) is 35.2 Å². The Morgan fingerprint density at radius 2 is 1.82 bits per heavy atom. The molecule has 0 aromatic heterocycles.